The topological polar surface area (TPSA) is 100 Å². The highest BCUT2D eigenvalue weighted by Crippen LogP contribution is 2.30. The first-order valence-corrected chi connectivity index (χ1v) is 10.2. The van der Waals surface area contributed by atoms with Crippen LogP contribution in [-0.2, 0) is 6.54 Å². The Morgan fingerprint density at radius 1 is 1.26 bits per heavy atom. The number of amides is 2. The summed E-state index contributed by atoms with van der Waals surface area (Å²) in [5.74, 6) is -0.908. The maximum Gasteiger partial charge on any atom is 0.422 e. The summed E-state index contributed by atoms with van der Waals surface area (Å²) in [6.07, 6.45) is -3.07. The highest BCUT2D eigenvalue weighted by Gasteiger charge is 2.35. The van der Waals surface area contributed by atoms with Gasteiger partial charge in [-0.2, -0.15) is 23.5 Å². The van der Waals surface area contributed by atoms with Crippen molar-refractivity contribution < 1.29 is 27.5 Å². The van der Waals surface area contributed by atoms with E-state index in [9.17, 15) is 22.8 Å². The minimum Gasteiger partial charge on any atom is -0.484 e. The van der Waals surface area contributed by atoms with Crippen LogP contribution in [0.25, 0.3) is 0 Å². The Hall–Kier alpha value is -4.33. The van der Waals surface area contributed by atoms with E-state index in [1.807, 2.05) is 13.0 Å². The first-order chi connectivity index (χ1) is 16.2. The molecule has 1 aromatic heterocycles. The zero-order valence-corrected chi connectivity index (χ0v) is 17.8. The molecule has 1 N–H and O–H groups in total. The molecule has 0 fully saturated rings. The minimum absolute atomic E-state index is 0.0239. The zero-order valence-electron chi connectivity index (χ0n) is 17.8. The third kappa shape index (κ3) is 4.71. The van der Waals surface area contributed by atoms with Crippen LogP contribution >= 0.6 is 0 Å². The summed E-state index contributed by atoms with van der Waals surface area (Å²) in [6, 6.07) is 13.5. The summed E-state index contributed by atoms with van der Waals surface area (Å²) in [7, 11) is 0. The SMILES string of the molecule is C[C@H]1Cn2ncc(NC(=O)c3cccc(C#N)c3)c2C(=O)N1c1ccc(OCC(F)(F)F)cc1. The van der Waals surface area contributed by atoms with Crippen LogP contribution in [0.5, 0.6) is 5.75 Å². The van der Waals surface area contributed by atoms with Crippen LogP contribution in [0.1, 0.15) is 33.3 Å². The lowest BCUT2D eigenvalue weighted by Gasteiger charge is -2.34. The number of ether oxygens (including phenoxy) is 1. The summed E-state index contributed by atoms with van der Waals surface area (Å²) in [4.78, 5) is 27.5. The molecule has 8 nitrogen and oxygen atoms in total. The summed E-state index contributed by atoms with van der Waals surface area (Å²) in [5, 5.41) is 15.9. The predicted octanol–water partition coefficient (Wildman–Crippen LogP) is 4.00. The number of nitrogens with zero attached hydrogens (tertiary/aromatic N) is 4. The number of alkyl halides is 3. The molecule has 0 bridgehead atoms. The van der Waals surface area contributed by atoms with E-state index in [2.05, 4.69) is 10.4 Å². The van der Waals surface area contributed by atoms with Gasteiger partial charge in [-0.3, -0.25) is 14.3 Å². The normalized spacial score (nSPS) is 15.4. The van der Waals surface area contributed by atoms with Gasteiger partial charge in [0, 0.05) is 11.3 Å². The number of hydrogen-bond donors (Lipinski definition) is 1. The van der Waals surface area contributed by atoms with Gasteiger partial charge in [0.15, 0.2) is 6.61 Å². The van der Waals surface area contributed by atoms with Crippen molar-refractivity contribution in [2.45, 2.75) is 25.7 Å². The standard InChI is InChI=1S/C23H18F3N5O3/c1-14-12-30-20(19(11-28-30)29-21(32)16-4-2-3-15(9-16)10-27)22(33)31(14)17-5-7-18(8-6-17)34-13-23(24,25)26/h2-9,11,14H,12-13H2,1H3,(H,29,32)/t14-/m0/s1. The molecule has 1 atom stereocenters. The molecule has 4 rings (SSSR count). The van der Waals surface area contributed by atoms with E-state index in [1.54, 1.807) is 18.2 Å². The molecule has 11 heteroatoms. The Balaban J connectivity index is 1.55. The van der Waals surface area contributed by atoms with Gasteiger partial charge in [0.1, 0.15) is 11.4 Å². The molecule has 0 spiro atoms. The highest BCUT2D eigenvalue weighted by atomic mass is 19.4. The third-order valence-corrected chi connectivity index (χ3v) is 5.16. The molecule has 1 aliphatic rings. The second-order valence-electron chi connectivity index (χ2n) is 7.66. The Morgan fingerprint density at radius 3 is 2.68 bits per heavy atom. The number of anilines is 2. The Labute approximate surface area is 192 Å². The van der Waals surface area contributed by atoms with Crippen molar-refractivity contribution in [1.29, 1.82) is 5.26 Å². The lowest BCUT2D eigenvalue weighted by Crippen LogP contribution is -2.47. The lowest BCUT2D eigenvalue weighted by molar-refractivity contribution is -0.153. The van der Waals surface area contributed by atoms with Crippen molar-refractivity contribution >= 4 is 23.2 Å². The summed E-state index contributed by atoms with van der Waals surface area (Å²) in [5.41, 5.74) is 1.41. The molecule has 0 saturated heterocycles. The van der Waals surface area contributed by atoms with Gasteiger partial charge in [-0.25, -0.2) is 0 Å². The second kappa shape index (κ2) is 8.90. The smallest absolute Gasteiger partial charge is 0.422 e. The number of halogens is 3. The zero-order chi connectivity index (χ0) is 24.5. The van der Waals surface area contributed by atoms with Crippen molar-refractivity contribution in [3.8, 4) is 11.8 Å². The second-order valence-corrected chi connectivity index (χ2v) is 7.66. The van der Waals surface area contributed by atoms with Gasteiger partial charge >= 0.3 is 6.18 Å². The molecule has 3 aromatic rings. The third-order valence-electron chi connectivity index (χ3n) is 5.16. The Kier molecular flexibility index (Phi) is 5.98. The van der Waals surface area contributed by atoms with E-state index >= 15 is 0 Å². The lowest BCUT2D eigenvalue weighted by atomic mass is 10.1. The van der Waals surface area contributed by atoms with Gasteiger partial charge in [0.2, 0.25) is 0 Å². The molecule has 0 aliphatic carbocycles. The molecule has 34 heavy (non-hydrogen) atoms. The number of aromatic nitrogens is 2. The van der Waals surface area contributed by atoms with Crippen molar-refractivity contribution in [3.05, 3.63) is 71.5 Å². The van der Waals surface area contributed by atoms with Gasteiger partial charge < -0.3 is 15.0 Å². The molecule has 2 heterocycles. The largest absolute Gasteiger partial charge is 0.484 e. The van der Waals surface area contributed by atoms with E-state index in [0.29, 0.717) is 17.8 Å². The number of benzene rings is 2. The van der Waals surface area contributed by atoms with Gasteiger partial charge in [0.05, 0.1) is 36.1 Å². The number of nitriles is 1. The number of hydrogen-bond acceptors (Lipinski definition) is 5. The molecule has 0 saturated carbocycles. The van der Waals surface area contributed by atoms with Crippen LogP contribution in [0.15, 0.2) is 54.7 Å². The fraction of sp³-hybridized carbons (Fsp3) is 0.217. The first kappa shape index (κ1) is 22.8. The van der Waals surface area contributed by atoms with Crippen LogP contribution in [0.4, 0.5) is 24.5 Å². The summed E-state index contributed by atoms with van der Waals surface area (Å²) in [6.45, 7) is 0.736. The number of fused-ring (bicyclic) bond motifs is 1. The predicted molar refractivity (Wildman–Crippen MR) is 116 cm³/mol. The quantitative estimate of drug-likeness (QED) is 0.609. The summed E-state index contributed by atoms with van der Waals surface area (Å²) >= 11 is 0. The van der Waals surface area contributed by atoms with E-state index < -0.39 is 24.6 Å². The van der Waals surface area contributed by atoms with Crippen molar-refractivity contribution in [3.63, 3.8) is 0 Å². The molecule has 2 amide bonds. The highest BCUT2D eigenvalue weighted by molar-refractivity contribution is 6.13. The fourth-order valence-electron chi connectivity index (χ4n) is 3.65. The average molecular weight is 469 g/mol. The Morgan fingerprint density at radius 2 is 2.00 bits per heavy atom. The van der Waals surface area contributed by atoms with Gasteiger partial charge in [-0.15, -0.1) is 0 Å². The van der Waals surface area contributed by atoms with Gasteiger partial charge in [0.25, 0.3) is 11.8 Å². The van der Waals surface area contributed by atoms with Crippen molar-refractivity contribution in [2.75, 3.05) is 16.8 Å². The van der Waals surface area contributed by atoms with Crippen LogP contribution < -0.4 is 15.0 Å². The molecule has 0 radical (unpaired) electrons. The first-order valence-electron chi connectivity index (χ1n) is 10.2. The molecule has 2 aromatic carbocycles. The number of carbonyl (C=O) groups excluding carboxylic acids is 2. The molecule has 174 valence electrons. The van der Waals surface area contributed by atoms with Crippen LogP contribution in [0.3, 0.4) is 0 Å². The van der Waals surface area contributed by atoms with Crippen molar-refractivity contribution in [2.24, 2.45) is 0 Å². The van der Waals surface area contributed by atoms with E-state index in [0.717, 1.165) is 0 Å². The van der Waals surface area contributed by atoms with Gasteiger partial charge in [-0.05, 0) is 49.4 Å². The number of nitrogens with one attached hydrogen (secondary N) is 1. The summed E-state index contributed by atoms with van der Waals surface area (Å²) < 4.78 is 43.3. The van der Waals surface area contributed by atoms with E-state index in [-0.39, 0.29) is 28.7 Å². The Bertz CT molecular complexity index is 1280. The molecular formula is C23H18F3N5O3. The molecular weight excluding hydrogens is 451 g/mol. The van der Waals surface area contributed by atoms with Crippen LogP contribution in [0, 0.1) is 11.3 Å². The van der Waals surface area contributed by atoms with Crippen LogP contribution in [-0.4, -0.2) is 40.4 Å². The van der Waals surface area contributed by atoms with Gasteiger partial charge in [-0.1, -0.05) is 6.07 Å². The maximum absolute atomic E-state index is 13.4. The fourth-order valence-corrected chi connectivity index (χ4v) is 3.65. The minimum atomic E-state index is -4.45. The molecule has 0 unspecified atom stereocenters. The van der Waals surface area contributed by atoms with Crippen molar-refractivity contribution in [1.82, 2.24) is 9.78 Å². The average Bonchev–Trinajstić information content (AvgIpc) is 3.20. The maximum atomic E-state index is 13.4. The van der Waals surface area contributed by atoms with E-state index in [4.69, 9.17) is 10.00 Å². The molecule has 1 aliphatic heterocycles. The number of carbonyl (C=O) groups is 2. The number of rotatable bonds is 5. The van der Waals surface area contributed by atoms with E-state index in [1.165, 1.54) is 46.1 Å². The monoisotopic (exact) mass is 469 g/mol. The van der Waals surface area contributed by atoms with Crippen LogP contribution in [0.2, 0.25) is 0 Å².